The van der Waals surface area contributed by atoms with Crippen molar-refractivity contribution in [2.75, 3.05) is 5.73 Å². The fraction of sp³-hybridized carbons (Fsp3) is 0.267. The Hall–Kier alpha value is -2.03. The number of furan rings is 1. The number of hydrogen-bond acceptors (Lipinski definition) is 5. The summed E-state index contributed by atoms with van der Waals surface area (Å²) in [4.78, 5) is 12.3. The molecule has 0 aliphatic heterocycles. The van der Waals surface area contributed by atoms with Crippen LogP contribution in [0.5, 0.6) is 0 Å². The number of nitrogens with two attached hydrogens (primary N) is 2. The second-order valence-electron chi connectivity index (χ2n) is 5.54. The average molecular weight is 372 g/mol. The van der Waals surface area contributed by atoms with Crippen molar-refractivity contribution in [1.29, 1.82) is 0 Å². The van der Waals surface area contributed by atoms with Gasteiger partial charge >= 0.3 is 0 Å². The first-order valence-corrected chi connectivity index (χ1v) is 8.71. The first-order chi connectivity index (χ1) is 10.8. The first-order valence-electron chi connectivity index (χ1n) is 7.16. The minimum absolute atomic E-state index is 0. The number of aryl methyl sites for hydroxylation is 1. The van der Waals surface area contributed by atoms with Crippen molar-refractivity contribution < 1.29 is 17.6 Å². The van der Waals surface area contributed by atoms with Gasteiger partial charge in [0.25, 0.3) is 15.9 Å². The molecule has 1 aromatic heterocycles. The summed E-state index contributed by atoms with van der Waals surface area (Å²) in [6.07, 6.45) is 2.65. The summed E-state index contributed by atoms with van der Waals surface area (Å²) in [6.45, 7) is 0. The lowest BCUT2D eigenvalue weighted by atomic mass is 9.87. The van der Waals surface area contributed by atoms with Crippen LogP contribution in [0, 0.1) is 0 Å². The molecule has 5 N–H and O–H groups in total. The van der Waals surface area contributed by atoms with Crippen molar-refractivity contribution in [3.63, 3.8) is 0 Å². The van der Waals surface area contributed by atoms with Gasteiger partial charge < -0.3 is 15.5 Å². The number of nitrogens with one attached hydrogen (secondary N) is 1. The van der Waals surface area contributed by atoms with E-state index in [9.17, 15) is 13.2 Å². The number of amides is 1. The highest BCUT2D eigenvalue weighted by atomic mass is 35.5. The Kier molecular flexibility index (Phi) is 5.22. The highest BCUT2D eigenvalue weighted by Crippen LogP contribution is 2.31. The molecule has 1 aliphatic carbocycles. The van der Waals surface area contributed by atoms with E-state index >= 15 is 0 Å². The summed E-state index contributed by atoms with van der Waals surface area (Å²) < 4.78 is 27.4. The minimum Gasteiger partial charge on any atom is -0.438 e. The number of carbonyl (C=O) groups excluding carboxylic acids is 1. The zero-order valence-corrected chi connectivity index (χ0v) is 14.3. The van der Waals surface area contributed by atoms with E-state index in [4.69, 9.17) is 15.3 Å². The molecule has 1 amide bonds. The zero-order valence-electron chi connectivity index (χ0n) is 12.7. The van der Waals surface area contributed by atoms with Gasteiger partial charge in [0, 0.05) is 5.69 Å². The van der Waals surface area contributed by atoms with Gasteiger partial charge in [-0.25, -0.2) is 13.6 Å². The molecular formula is C15H18ClN3O4S. The molecule has 9 heteroatoms. The molecule has 1 aliphatic rings. The highest BCUT2D eigenvalue weighted by molar-refractivity contribution is 7.89. The molecule has 0 saturated heterocycles. The summed E-state index contributed by atoms with van der Waals surface area (Å²) in [5.41, 5.74) is 8.63. The van der Waals surface area contributed by atoms with Crippen molar-refractivity contribution in [2.45, 2.75) is 30.4 Å². The third-order valence-electron chi connectivity index (χ3n) is 3.87. The number of nitrogen functional groups attached to an aromatic ring is 1. The standard InChI is InChI=1S/C15H17N3O4S.ClH/c16-10-4-5-11-9(8-10)2-1-3-12(11)18-15(19)13-6-7-14(22-13)23(17,20)21;/h4-8,12H,1-3,16H2,(H,18,19)(H2,17,20,21);1H. The van der Waals surface area contributed by atoms with Crippen LogP contribution >= 0.6 is 12.4 Å². The number of carbonyl (C=O) groups is 1. The Balaban J connectivity index is 0.00000208. The Morgan fingerprint density at radius 2 is 2.00 bits per heavy atom. The molecule has 1 atom stereocenters. The van der Waals surface area contributed by atoms with Crippen molar-refractivity contribution in [3.05, 3.63) is 47.2 Å². The number of fused-ring (bicyclic) bond motifs is 1. The van der Waals surface area contributed by atoms with Gasteiger partial charge in [-0.05, 0) is 54.7 Å². The van der Waals surface area contributed by atoms with Gasteiger partial charge in [-0.1, -0.05) is 6.07 Å². The summed E-state index contributed by atoms with van der Waals surface area (Å²) in [7, 11) is -3.96. The molecule has 7 nitrogen and oxygen atoms in total. The van der Waals surface area contributed by atoms with Crippen LogP contribution in [0.15, 0.2) is 39.8 Å². The van der Waals surface area contributed by atoms with E-state index in [0.29, 0.717) is 5.69 Å². The van der Waals surface area contributed by atoms with Crippen LogP contribution in [0.25, 0.3) is 0 Å². The van der Waals surface area contributed by atoms with Crippen LogP contribution in [0.1, 0.15) is 40.6 Å². The lowest BCUT2D eigenvalue weighted by molar-refractivity contribution is 0.0899. The maximum atomic E-state index is 12.3. The zero-order chi connectivity index (χ0) is 16.6. The van der Waals surface area contributed by atoms with E-state index in [1.165, 1.54) is 12.1 Å². The van der Waals surface area contributed by atoms with Crippen LogP contribution in [0.3, 0.4) is 0 Å². The number of primary sulfonamides is 1. The summed E-state index contributed by atoms with van der Waals surface area (Å²) >= 11 is 0. The molecule has 0 spiro atoms. The fourth-order valence-electron chi connectivity index (χ4n) is 2.81. The predicted octanol–water partition coefficient (Wildman–Crippen LogP) is 1.74. The quantitative estimate of drug-likeness (QED) is 0.708. The molecule has 0 saturated carbocycles. The van der Waals surface area contributed by atoms with Crippen LogP contribution in [0.4, 0.5) is 5.69 Å². The number of anilines is 1. The minimum atomic E-state index is -3.96. The molecule has 0 radical (unpaired) electrons. The van der Waals surface area contributed by atoms with E-state index < -0.39 is 21.0 Å². The lowest BCUT2D eigenvalue weighted by Gasteiger charge is -2.26. The maximum Gasteiger partial charge on any atom is 0.287 e. The second kappa shape index (κ2) is 6.84. The predicted molar refractivity (Wildman–Crippen MR) is 91.3 cm³/mol. The first kappa shape index (κ1) is 18.3. The molecule has 1 aromatic carbocycles. The fourth-order valence-corrected chi connectivity index (χ4v) is 3.27. The number of sulfonamides is 1. The van der Waals surface area contributed by atoms with Crippen molar-refractivity contribution in [1.82, 2.24) is 5.32 Å². The van der Waals surface area contributed by atoms with E-state index in [2.05, 4.69) is 5.32 Å². The van der Waals surface area contributed by atoms with Gasteiger partial charge in [0.1, 0.15) is 0 Å². The SMILES string of the molecule is Cl.Nc1ccc2c(c1)CCCC2NC(=O)c1ccc(S(N)(=O)=O)o1. The largest absolute Gasteiger partial charge is 0.438 e. The molecular weight excluding hydrogens is 354 g/mol. The highest BCUT2D eigenvalue weighted by Gasteiger charge is 2.24. The third-order valence-corrected chi connectivity index (χ3v) is 4.65. The van der Waals surface area contributed by atoms with E-state index in [0.717, 1.165) is 30.4 Å². The van der Waals surface area contributed by atoms with E-state index in [1.54, 1.807) is 6.07 Å². The lowest BCUT2D eigenvalue weighted by Crippen LogP contribution is -2.30. The van der Waals surface area contributed by atoms with Gasteiger partial charge in [-0.3, -0.25) is 4.79 Å². The van der Waals surface area contributed by atoms with Crippen LogP contribution in [-0.2, 0) is 16.4 Å². The average Bonchev–Trinajstić information content (AvgIpc) is 2.97. The number of rotatable bonds is 3. The molecule has 2 aromatic rings. The Morgan fingerprint density at radius 1 is 1.25 bits per heavy atom. The molecule has 3 rings (SSSR count). The molecule has 1 unspecified atom stereocenters. The third kappa shape index (κ3) is 3.72. The van der Waals surface area contributed by atoms with Gasteiger partial charge in [-0.15, -0.1) is 12.4 Å². The molecule has 24 heavy (non-hydrogen) atoms. The smallest absolute Gasteiger partial charge is 0.287 e. The van der Waals surface area contributed by atoms with Gasteiger partial charge in [0.2, 0.25) is 5.09 Å². The summed E-state index contributed by atoms with van der Waals surface area (Å²) in [6, 6.07) is 7.93. The maximum absolute atomic E-state index is 12.3. The van der Waals surface area contributed by atoms with E-state index in [1.807, 2.05) is 12.1 Å². The van der Waals surface area contributed by atoms with Crippen molar-refractivity contribution in [3.8, 4) is 0 Å². The Bertz CT molecular complexity index is 863. The van der Waals surface area contributed by atoms with Crippen molar-refractivity contribution >= 4 is 34.0 Å². The molecule has 130 valence electrons. The van der Waals surface area contributed by atoms with E-state index in [-0.39, 0.29) is 24.2 Å². The van der Waals surface area contributed by atoms with Crippen LogP contribution in [0.2, 0.25) is 0 Å². The molecule has 0 bridgehead atoms. The Labute approximate surface area is 145 Å². The van der Waals surface area contributed by atoms with Gasteiger partial charge in [-0.2, -0.15) is 0 Å². The van der Waals surface area contributed by atoms with Gasteiger partial charge in [0.05, 0.1) is 6.04 Å². The molecule has 1 heterocycles. The molecule has 0 fully saturated rings. The van der Waals surface area contributed by atoms with Crippen molar-refractivity contribution in [2.24, 2.45) is 5.14 Å². The topological polar surface area (TPSA) is 128 Å². The van der Waals surface area contributed by atoms with Crippen LogP contribution < -0.4 is 16.2 Å². The number of halogens is 1. The monoisotopic (exact) mass is 371 g/mol. The van der Waals surface area contributed by atoms with Crippen LogP contribution in [-0.4, -0.2) is 14.3 Å². The summed E-state index contributed by atoms with van der Waals surface area (Å²) in [5.74, 6) is -0.564. The van der Waals surface area contributed by atoms with Gasteiger partial charge in [0.15, 0.2) is 5.76 Å². The summed E-state index contributed by atoms with van der Waals surface area (Å²) in [5, 5.41) is 7.40. The second-order valence-corrected chi connectivity index (χ2v) is 7.03. The Morgan fingerprint density at radius 3 is 2.67 bits per heavy atom. The number of benzene rings is 1. The normalized spacial score (nSPS) is 16.8. The number of hydrogen-bond donors (Lipinski definition) is 3.